The number of aromatic nitrogens is 1. The molecule has 7 heteroatoms. The first-order chi connectivity index (χ1) is 17.0. The minimum atomic E-state index is 0.0106. The number of hydrogen-bond acceptors (Lipinski definition) is 6. The molecule has 0 spiro atoms. The van der Waals surface area contributed by atoms with Crippen LogP contribution in [0.25, 0.3) is 32.2 Å². The van der Waals surface area contributed by atoms with Gasteiger partial charge in [0.05, 0.1) is 16.9 Å². The van der Waals surface area contributed by atoms with Crippen molar-refractivity contribution in [3.63, 3.8) is 0 Å². The lowest BCUT2D eigenvalue weighted by molar-refractivity contribution is 0.0949. The fourth-order valence-electron chi connectivity index (χ4n) is 5.52. The maximum absolute atomic E-state index is 12.8. The summed E-state index contributed by atoms with van der Waals surface area (Å²) < 4.78 is 1.11. The first-order valence-electron chi connectivity index (χ1n) is 12.4. The molecule has 6 rings (SSSR count). The molecule has 2 aliphatic heterocycles. The summed E-state index contributed by atoms with van der Waals surface area (Å²) in [5.41, 5.74) is 5.22. The number of hydrogen-bond donors (Lipinski definition) is 2. The molecular formula is C28H30N4O2S. The summed E-state index contributed by atoms with van der Waals surface area (Å²) in [6.07, 6.45) is 2.09. The number of rotatable bonds is 3. The molecule has 6 nitrogen and oxygen atoms in total. The van der Waals surface area contributed by atoms with Crippen LogP contribution in [0.3, 0.4) is 0 Å². The van der Waals surface area contributed by atoms with Gasteiger partial charge in [0.25, 0.3) is 5.91 Å². The van der Waals surface area contributed by atoms with Crippen molar-refractivity contribution in [1.29, 1.82) is 0 Å². The second-order valence-electron chi connectivity index (χ2n) is 9.90. The molecule has 4 aromatic rings. The van der Waals surface area contributed by atoms with Crippen molar-refractivity contribution in [3.05, 3.63) is 53.4 Å². The Labute approximate surface area is 209 Å². The molecule has 0 saturated carbocycles. The van der Waals surface area contributed by atoms with Crippen molar-refractivity contribution in [2.75, 3.05) is 43.1 Å². The number of amides is 1. The number of aliphatic hydroxyl groups excluding tert-OH is 1. The van der Waals surface area contributed by atoms with Gasteiger partial charge in [0, 0.05) is 66.1 Å². The summed E-state index contributed by atoms with van der Waals surface area (Å²) in [5, 5.41) is 14.7. The number of benzene rings is 2. The molecule has 1 fully saturated rings. The van der Waals surface area contributed by atoms with Gasteiger partial charge in [0.15, 0.2) is 0 Å². The highest BCUT2D eigenvalue weighted by Crippen LogP contribution is 2.43. The van der Waals surface area contributed by atoms with Crippen molar-refractivity contribution in [3.8, 4) is 11.3 Å². The van der Waals surface area contributed by atoms with E-state index in [4.69, 9.17) is 4.98 Å². The van der Waals surface area contributed by atoms with E-state index in [1.807, 2.05) is 6.92 Å². The molecule has 0 radical (unpaired) electrons. The molecule has 2 aromatic heterocycles. The number of fused-ring (bicyclic) bond motifs is 5. The highest BCUT2D eigenvalue weighted by molar-refractivity contribution is 7.21. The van der Waals surface area contributed by atoms with Gasteiger partial charge in [-0.15, -0.1) is 11.3 Å². The second kappa shape index (κ2) is 8.81. The molecule has 180 valence electrons. The third-order valence-corrected chi connectivity index (χ3v) is 8.55. The van der Waals surface area contributed by atoms with Crippen molar-refractivity contribution in [2.45, 2.75) is 25.8 Å². The molecule has 2 N–H and O–H groups in total. The summed E-state index contributed by atoms with van der Waals surface area (Å²) in [6, 6.07) is 17.2. The van der Waals surface area contributed by atoms with Gasteiger partial charge in [0.1, 0.15) is 4.88 Å². The van der Waals surface area contributed by atoms with Gasteiger partial charge in [-0.2, -0.15) is 0 Å². The van der Waals surface area contributed by atoms with Crippen LogP contribution in [0.1, 0.15) is 29.4 Å². The van der Waals surface area contributed by atoms with E-state index in [0.29, 0.717) is 12.5 Å². The number of nitrogens with zero attached hydrogens (tertiary/aromatic N) is 3. The maximum atomic E-state index is 12.8. The third-order valence-electron chi connectivity index (χ3n) is 7.41. The predicted octanol–water partition coefficient (Wildman–Crippen LogP) is 4.89. The van der Waals surface area contributed by atoms with E-state index in [2.05, 4.69) is 70.7 Å². The minimum absolute atomic E-state index is 0.0106. The molecule has 1 amide bonds. The Morgan fingerprint density at radius 2 is 1.86 bits per heavy atom. The van der Waals surface area contributed by atoms with Crippen LogP contribution in [-0.2, 0) is 0 Å². The molecule has 0 aliphatic carbocycles. The lowest BCUT2D eigenvalue weighted by Gasteiger charge is -2.32. The summed E-state index contributed by atoms with van der Waals surface area (Å²) >= 11 is 1.56. The van der Waals surface area contributed by atoms with Crippen LogP contribution < -0.4 is 15.1 Å². The third kappa shape index (κ3) is 3.93. The number of carbonyl (C=O) groups excluding carboxylic acids is 1. The average Bonchev–Trinajstić information content (AvgIpc) is 3.24. The quantitative estimate of drug-likeness (QED) is 0.431. The Kier molecular flexibility index (Phi) is 5.61. The van der Waals surface area contributed by atoms with Gasteiger partial charge >= 0.3 is 0 Å². The van der Waals surface area contributed by atoms with Gasteiger partial charge in [-0.3, -0.25) is 4.79 Å². The predicted molar refractivity (Wildman–Crippen MR) is 145 cm³/mol. The fourth-order valence-corrected chi connectivity index (χ4v) is 6.69. The van der Waals surface area contributed by atoms with Gasteiger partial charge in [-0.1, -0.05) is 12.1 Å². The second-order valence-corrected chi connectivity index (χ2v) is 10.9. The van der Waals surface area contributed by atoms with Crippen LogP contribution in [0.5, 0.6) is 0 Å². The van der Waals surface area contributed by atoms with Gasteiger partial charge in [-0.05, 0) is 62.1 Å². The fraction of sp³-hybridized carbons (Fsp3) is 0.357. The number of piperidine rings is 1. The van der Waals surface area contributed by atoms with E-state index in [0.717, 1.165) is 75.3 Å². The van der Waals surface area contributed by atoms with E-state index in [-0.39, 0.29) is 11.9 Å². The van der Waals surface area contributed by atoms with Crippen LogP contribution in [0, 0.1) is 5.92 Å². The molecular weight excluding hydrogens is 456 g/mol. The molecule has 1 saturated heterocycles. The minimum Gasteiger partial charge on any atom is -0.396 e. The van der Waals surface area contributed by atoms with Crippen molar-refractivity contribution in [2.24, 2.45) is 5.92 Å². The summed E-state index contributed by atoms with van der Waals surface area (Å²) in [6.45, 7) is 5.09. The lowest BCUT2D eigenvalue weighted by atomic mass is 9.97. The Morgan fingerprint density at radius 3 is 2.60 bits per heavy atom. The standard InChI is InChI=1S/C28H30N4O2S/c1-17-15-31(2)26-25-21-7-8-22(30-23(21)9-10-24(25)35-27(26)28(34)29-17)19-3-5-20(6-4-19)32-13-11-18(16-33)12-14-32/h3-10,17-18,33H,11-16H2,1-2H3,(H,29,34)/t17-/m1/s1. The zero-order valence-corrected chi connectivity index (χ0v) is 20.9. The Balaban J connectivity index is 1.35. The Bertz CT molecular complexity index is 1410. The molecule has 2 aromatic carbocycles. The first-order valence-corrected chi connectivity index (χ1v) is 13.2. The molecule has 4 heterocycles. The summed E-state index contributed by atoms with van der Waals surface area (Å²) in [5.74, 6) is 0.450. The van der Waals surface area contributed by atoms with E-state index in [1.54, 1.807) is 11.3 Å². The van der Waals surface area contributed by atoms with Crippen LogP contribution in [0.15, 0.2) is 48.5 Å². The van der Waals surface area contributed by atoms with Crippen molar-refractivity contribution < 1.29 is 9.90 Å². The Hall–Kier alpha value is -3.16. The van der Waals surface area contributed by atoms with Gasteiger partial charge < -0.3 is 20.2 Å². The summed E-state index contributed by atoms with van der Waals surface area (Å²) in [7, 11) is 2.07. The Morgan fingerprint density at radius 1 is 1.09 bits per heavy atom. The zero-order chi connectivity index (χ0) is 24.1. The van der Waals surface area contributed by atoms with Gasteiger partial charge in [-0.25, -0.2) is 4.98 Å². The van der Waals surface area contributed by atoms with E-state index < -0.39 is 0 Å². The first kappa shape index (κ1) is 22.3. The maximum Gasteiger partial charge on any atom is 0.263 e. The largest absolute Gasteiger partial charge is 0.396 e. The monoisotopic (exact) mass is 486 g/mol. The highest BCUT2D eigenvalue weighted by atomic mass is 32.1. The summed E-state index contributed by atoms with van der Waals surface area (Å²) in [4.78, 5) is 23.2. The SMILES string of the molecule is C[C@@H]1CN(C)c2c(sc3ccc4nc(-c5ccc(N6CCC(CO)CC6)cc5)ccc4c23)C(=O)N1. The van der Waals surface area contributed by atoms with Crippen LogP contribution in [-0.4, -0.2) is 55.3 Å². The molecule has 35 heavy (non-hydrogen) atoms. The molecule has 0 unspecified atom stereocenters. The van der Waals surface area contributed by atoms with E-state index in [1.165, 1.54) is 5.69 Å². The smallest absolute Gasteiger partial charge is 0.263 e. The number of pyridine rings is 1. The van der Waals surface area contributed by atoms with Crippen molar-refractivity contribution >= 4 is 49.6 Å². The number of nitrogens with one attached hydrogen (secondary N) is 1. The number of likely N-dealkylation sites (N-methyl/N-ethyl adjacent to an activating group) is 1. The number of carbonyl (C=O) groups is 1. The average molecular weight is 487 g/mol. The molecule has 2 aliphatic rings. The van der Waals surface area contributed by atoms with E-state index in [9.17, 15) is 9.90 Å². The van der Waals surface area contributed by atoms with E-state index >= 15 is 0 Å². The van der Waals surface area contributed by atoms with Crippen molar-refractivity contribution in [1.82, 2.24) is 10.3 Å². The number of aliphatic hydroxyl groups is 1. The lowest BCUT2D eigenvalue weighted by Crippen LogP contribution is -2.36. The number of thiophene rings is 1. The molecule has 0 bridgehead atoms. The van der Waals surface area contributed by atoms with Crippen LogP contribution in [0.2, 0.25) is 0 Å². The zero-order valence-electron chi connectivity index (χ0n) is 20.1. The van der Waals surface area contributed by atoms with Crippen LogP contribution >= 0.6 is 11.3 Å². The number of anilines is 2. The highest BCUT2D eigenvalue weighted by Gasteiger charge is 2.28. The molecule has 1 atom stereocenters. The van der Waals surface area contributed by atoms with Gasteiger partial charge in [0.2, 0.25) is 0 Å². The topological polar surface area (TPSA) is 68.7 Å². The normalized spacial score (nSPS) is 19.2. The van der Waals surface area contributed by atoms with Crippen LogP contribution in [0.4, 0.5) is 11.4 Å².